The molecule has 0 aliphatic rings. The van der Waals surface area contributed by atoms with Gasteiger partial charge < -0.3 is 9.47 Å². The van der Waals surface area contributed by atoms with Crippen LogP contribution in [0.15, 0.2) is 0 Å². The molecule has 0 rings (SSSR count). The van der Waals surface area contributed by atoms with Gasteiger partial charge in [0.25, 0.3) is 0 Å². The molecule has 0 saturated heterocycles. The van der Waals surface area contributed by atoms with Crippen LogP contribution in [0.3, 0.4) is 0 Å². The standard InChI is InChI=1S/C12H22O4/c1-12(2,3)16-11(14)9-7-5-6-8-10(13)15-4/h5-9H2,1-4H3. The summed E-state index contributed by atoms with van der Waals surface area (Å²) in [5.41, 5.74) is -0.414. The third-order valence-electron chi connectivity index (χ3n) is 1.91. The number of carbonyl (C=O) groups is 2. The summed E-state index contributed by atoms with van der Waals surface area (Å²) in [4.78, 5) is 22.1. The minimum absolute atomic E-state index is 0.175. The largest absolute Gasteiger partial charge is 0.469 e. The van der Waals surface area contributed by atoms with Crippen molar-refractivity contribution < 1.29 is 19.1 Å². The van der Waals surface area contributed by atoms with Gasteiger partial charge in [0.15, 0.2) is 0 Å². The van der Waals surface area contributed by atoms with Crippen LogP contribution < -0.4 is 0 Å². The van der Waals surface area contributed by atoms with E-state index >= 15 is 0 Å². The van der Waals surface area contributed by atoms with Gasteiger partial charge in [0.1, 0.15) is 5.60 Å². The summed E-state index contributed by atoms with van der Waals surface area (Å²) in [5.74, 6) is -0.372. The SMILES string of the molecule is COC(=O)CCCCCC(=O)OC(C)(C)C. The Balaban J connectivity index is 3.45. The van der Waals surface area contributed by atoms with Crippen molar-refractivity contribution in [1.82, 2.24) is 0 Å². The molecule has 0 radical (unpaired) electrons. The van der Waals surface area contributed by atoms with Crippen molar-refractivity contribution in [2.45, 2.75) is 58.5 Å². The molecule has 0 amide bonds. The molecule has 4 heteroatoms. The van der Waals surface area contributed by atoms with Crippen LogP contribution in [0.1, 0.15) is 52.9 Å². The number of carbonyl (C=O) groups excluding carboxylic acids is 2. The first kappa shape index (κ1) is 14.9. The summed E-state index contributed by atoms with van der Waals surface area (Å²) in [5, 5.41) is 0. The Morgan fingerprint density at radius 2 is 1.44 bits per heavy atom. The molecule has 0 N–H and O–H groups in total. The van der Waals surface area contributed by atoms with Crippen LogP contribution in [0.25, 0.3) is 0 Å². The van der Waals surface area contributed by atoms with Crippen LogP contribution in [-0.2, 0) is 19.1 Å². The third-order valence-corrected chi connectivity index (χ3v) is 1.91. The van der Waals surface area contributed by atoms with E-state index in [1.54, 1.807) is 0 Å². The molecule has 0 heterocycles. The lowest BCUT2D eigenvalue weighted by Crippen LogP contribution is -2.23. The van der Waals surface area contributed by atoms with Gasteiger partial charge in [0, 0.05) is 12.8 Å². The van der Waals surface area contributed by atoms with Crippen molar-refractivity contribution >= 4 is 11.9 Å². The lowest BCUT2D eigenvalue weighted by molar-refractivity contribution is -0.154. The van der Waals surface area contributed by atoms with E-state index in [0.29, 0.717) is 12.8 Å². The Morgan fingerprint density at radius 1 is 0.938 bits per heavy atom. The molecule has 0 aliphatic heterocycles. The van der Waals surface area contributed by atoms with Crippen molar-refractivity contribution in [1.29, 1.82) is 0 Å². The monoisotopic (exact) mass is 230 g/mol. The van der Waals surface area contributed by atoms with Crippen molar-refractivity contribution in [3.05, 3.63) is 0 Å². The zero-order valence-electron chi connectivity index (χ0n) is 10.7. The Bertz CT molecular complexity index is 228. The fraction of sp³-hybridized carbons (Fsp3) is 0.833. The van der Waals surface area contributed by atoms with Gasteiger partial charge in [0.2, 0.25) is 0 Å². The lowest BCUT2D eigenvalue weighted by atomic mass is 10.1. The molecule has 0 saturated carbocycles. The average Bonchev–Trinajstić information content (AvgIpc) is 2.14. The summed E-state index contributed by atoms with van der Waals surface area (Å²) in [6.45, 7) is 5.55. The second-order valence-corrected chi connectivity index (χ2v) is 4.72. The summed E-state index contributed by atoms with van der Waals surface area (Å²) in [6.07, 6.45) is 3.19. The van der Waals surface area contributed by atoms with Crippen molar-refractivity contribution in [2.24, 2.45) is 0 Å². The highest BCUT2D eigenvalue weighted by Gasteiger charge is 2.15. The molecule has 0 aliphatic carbocycles. The van der Waals surface area contributed by atoms with E-state index < -0.39 is 5.60 Å². The van der Waals surface area contributed by atoms with Crippen LogP contribution >= 0.6 is 0 Å². The zero-order chi connectivity index (χ0) is 12.6. The van der Waals surface area contributed by atoms with Crippen molar-refractivity contribution in [3.63, 3.8) is 0 Å². The fourth-order valence-electron chi connectivity index (χ4n) is 1.21. The number of hydrogen-bond acceptors (Lipinski definition) is 4. The predicted octanol–water partition coefficient (Wildman–Crippen LogP) is 2.45. The van der Waals surface area contributed by atoms with E-state index in [9.17, 15) is 9.59 Å². The maximum Gasteiger partial charge on any atom is 0.306 e. The van der Waals surface area contributed by atoms with Crippen LogP contribution in [-0.4, -0.2) is 24.6 Å². The van der Waals surface area contributed by atoms with Gasteiger partial charge in [-0.3, -0.25) is 9.59 Å². The normalized spacial score (nSPS) is 11.0. The van der Waals surface area contributed by atoms with Gasteiger partial charge in [-0.1, -0.05) is 6.42 Å². The molecule has 16 heavy (non-hydrogen) atoms. The molecule has 0 aromatic heterocycles. The molecule has 4 nitrogen and oxygen atoms in total. The molecule has 0 atom stereocenters. The highest BCUT2D eigenvalue weighted by molar-refractivity contribution is 5.70. The van der Waals surface area contributed by atoms with Gasteiger partial charge in [-0.15, -0.1) is 0 Å². The van der Waals surface area contributed by atoms with Crippen LogP contribution in [0.4, 0.5) is 0 Å². The van der Waals surface area contributed by atoms with Gasteiger partial charge in [-0.2, -0.15) is 0 Å². The first-order valence-corrected chi connectivity index (χ1v) is 5.64. The van der Waals surface area contributed by atoms with Crippen LogP contribution in [0.5, 0.6) is 0 Å². The maximum atomic E-state index is 11.3. The van der Waals surface area contributed by atoms with Crippen LogP contribution in [0.2, 0.25) is 0 Å². The van der Waals surface area contributed by atoms with E-state index in [-0.39, 0.29) is 11.9 Å². The van der Waals surface area contributed by atoms with Crippen molar-refractivity contribution in [2.75, 3.05) is 7.11 Å². The number of ether oxygens (including phenoxy) is 2. The quantitative estimate of drug-likeness (QED) is 0.519. The molecule has 94 valence electrons. The van der Waals surface area contributed by atoms with Gasteiger partial charge >= 0.3 is 11.9 Å². The van der Waals surface area contributed by atoms with Gasteiger partial charge in [-0.25, -0.2) is 0 Å². The number of unbranched alkanes of at least 4 members (excludes halogenated alkanes) is 2. The van der Waals surface area contributed by atoms with E-state index in [0.717, 1.165) is 19.3 Å². The highest BCUT2D eigenvalue weighted by atomic mass is 16.6. The van der Waals surface area contributed by atoms with E-state index in [4.69, 9.17) is 4.74 Å². The second kappa shape index (κ2) is 7.25. The summed E-state index contributed by atoms with van der Waals surface area (Å²) in [7, 11) is 1.38. The summed E-state index contributed by atoms with van der Waals surface area (Å²) < 4.78 is 9.67. The van der Waals surface area contributed by atoms with E-state index in [1.165, 1.54) is 7.11 Å². The highest BCUT2D eigenvalue weighted by Crippen LogP contribution is 2.11. The molecule has 0 bridgehead atoms. The number of rotatable bonds is 6. The number of methoxy groups -OCH3 is 1. The fourth-order valence-corrected chi connectivity index (χ4v) is 1.21. The smallest absolute Gasteiger partial charge is 0.306 e. The molecular weight excluding hydrogens is 208 g/mol. The Kier molecular flexibility index (Phi) is 6.77. The Hall–Kier alpha value is -1.06. The zero-order valence-corrected chi connectivity index (χ0v) is 10.7. The minimum atomic E-state index is -0.414. The molecule has 0 aromatic carbocycles. The molecule has 0 unspecified atom stereocenters. The lowest BCUT2D eigenvalue weighted by Gasteiger charge is -2.19. The van der Waals surface area contributed by atoms with Gasteiger partial charge in [-0.05, 0) is 33.6 Å². The summed E-state index contributed by atoms with van der Waals surface area (Å²) in [6, 6.07) is 0. The minimum Gasteiger partial charge on any atom is -0.469 e. The molecule has 0 fully saturated rings. The first-order chi connectivity index (χ1) is 7.35. The third kappa shape index (κ3) is 9.49. The first-order valence-electron chi connectivity index (χ1n) is 5.64. The number of hydrogen-bond donors (Lipinski definition) is 0. The Morgan fingerprint density at radius 3 is 1.88 bits per heavy atom. The molecule has 0 spiro atoms. The van der Waals surface area contributed by atoms with Gasteiger partial charge in [0.05, 0.1) is 7.11 Å². The second-order valence-electron chi connectivity index (χ2n) is 4.72. The topological polar surface area (TPSA) is 52.6 Å². The Labute approximate surface area is 97.3 Å². The number of esters is 2. The molecular formula is C12H22O4. The summed E-state index contributed by atoms with van der Waals surface area (Å²) >= 11 is 0. The van der Waals surface area contributed by atoms with Crippen LogP contribution in [0, 0.1) is 0 Å². The van der Waals surface area contributed by atoms with E-state index in [2.05, 4.69) is 4.74 Å². The molecule has 0 aromatic rings. The van der Waals surface area contributed by atoms with E-state index in [1.807, 2.05) is 20.8 Å². The van der Waals surface area contributed by atoms with Crippen molar-refractivity contribution in [3.8, 4) is 0 Å². The average molecular weight is 230 g/mol. The predicted molar refractivity (Wildman–Crippen MR) is 60.9 cm³/mol. The maximum absolute atomic E-state index is 11.3.